The van der Waals surface area contributed by atoms with Crippen molar-refractivity contribution < 1.29 is 13.2 Å². The number of nitrogens with zero attached hydrogens (tertiary/aromatic N) is 3. The minimum atomic E-state index is -3.78. The van der Waals surface area contributed by atoms with E-state index in [4.69, 9.17) is 4.74 Å². The van der Waals surface area contributed by atoms with Gasteiger partial charge in [0.2, 0.25) is 0 Å². The first-order valence-corrected chi connectivity index (χ1v) is 9.26. The summed E-state index contributed by atoms with van der Waals surface area (Å²) in [4.78, 5) is 8.52. The predicted molar refractivity (Wildman–Crippen MR) is 97.1 cm³/mol. The zero-order valence-electron chi connectivity index (χ0n) is 14.1. The fourth-order valence-electron chi connectivity index (χ4n) is 2.70. The number of aromatic nitrogens is 2. The monoisotopic (exact) mass is 357 g/mol. The van der Waals surface area contributed by atoms with E-state index >= 15 is 0 Å². The molecule has 0 atom stereocenters. The van der Waals surface area contributed by atoms with Crippen LogP contribution >= 0.6 is 0 Å². The molecule has 6 nitrogen and oxygen atoms in total. The summed E-state index contributed by atoms with van der Waals surface area (Å²) in [5.41, 5.74) is 2.16. The average Bonchev–Trinajstić information content (AvgIpc) is 2.63. The third-order valence-electron chi connectivity index (χ3n) is 3.95. The lowest BCUT2D eigenvalue weighted by molar-refractivity contribution is 0.208. The number of sulfonamides is 1. The Morgan fingerprint density at radius 3 is 2.56 bits per heavy atom. The Hall–Kier alpha value is -2.51. The Morgan fingerprint density at radius 1 is 1.08 bits per heavy atom. The smallest absolute Gasteiger partial charge is 0.265 e. The van der Waals surface area contributed by atoms with Crippen LogP contribution < -0.4 is 4.31 Å². The van der Waals surface area contributed by atoms with E-state index in [0.717, 1.165) is 5.56 Å². The largest absolute Gasteiger partial charge is 0.383 e. The summed E-state index contributed by atoms with van der Waals surface area (Å²) >= 11 is 0. The summed E-state index contributed by atoms with van der Waals surface area (Å²) in [6.45, 7) is 2.40. The van der Waals surface area contributed by atoms with E-state index in [1.165, 1.54) is 4.31 Å². The van der Waals surface area contributed by atoms with Gasteiger partial charge in [0.15, 0.2) is 0 Å². The average molecular weight is 357 g/mol. The molecule has 2 heterocycles. The molecule has 0 radical (unpaired) electrons. The number of aryl methyl sites for hydroxylation is 1. The van der Waals surface area contributed by atoms with Gasteiger partial charge in [0.25, 0.3) is 10.0 Å². The lowest BCUT2D eigenvalue weighted by Crippen LogP contribution is -2.34. The molecule has 0 amide bonds. The second-order valence-corrected chi connectivity index (χ2v) is 7.39. The summed E-state index contributed by atoms with van der Waals surface area (Å²) in [6.07, 6.45) is 4.80. The molecule has 0 unspecified atom stereocenters. The van der Waals surface area contributed by atoms with Crippen LogP contribution in [0.15, 0.2) is 59.9 Å². The Labute approximate surface area is 147 Å². The minimum absolute atomic E-state index is 0.207. The van der Waals surface area contributed by atoms with Crippen molar-refractivity contribution in [2.45, 2.75) is 11.8 Å². The van der Waals surface area contributed by atoms with Crippen LogP contribution in [0.3, 0.4) is 0 Å². The molecule has 130 valence electrons. The predicted octanol–water partition coefficient (Wildman–Crippen LogP) is 2.78. The first kappa shape index (κ1) is 17.3. The van der Waals surface area contributed by atoms with Crippen LogP contribution in [0.5, 0.6) is 0 Å². The summed E-state index contributed by atoms with van der Waals surface area (Å²) in [5, 5.41) is 0.610. The van der Waals surface area contributed by atoms with E-state index in [-0.39, 0.29) is 18.0 Å². The van der Waals surface area contributed by atoms with Gasteiger partial charge in [-0.3, -0.25) is 14.3 Å². The summed E-state index contributed by atoms with van der Waals surface area (Å²) < 4.78 is 33.2. The van der Waals surface area contributed by atoms with Gasteiger partial charge in [0.1, 0.15) is 0 Å². The summed E-state index contributed by atoms with van der Waals surface area (Å²) in [7, 11) is -2.24. The molecule has 0 N–H and O–H groups in total. The van der Waals surface area contributed by atoms with Crippen LogP contribution in [0, 0.1) is 6.92 Å². The van der Waals surface area contributed by atoms with Gasteiger partial charge >= 0.3 is 0 Å². The highest BCUT2D eigenvalue weighted by molar-refractivity contribution is 7.93. The molecule has 0 saturated carbocycles. The molecule has 0 spiro atoms. The molecule has 3 rings (SSSR count). The molecule has 0 saturated heterocycles. The van der Waals surface area contributed by atoms with Crippen molar-refractivity contribution in [1.29, 1.82) is 0 Å². The topological polar surface area (TPSA) is 72.4 Å². The van der Waals surface area contributed by atoms with Crippen molar-refractivity contribution in [3.63, 3.8) is 0 Å². The van der Waals surface area contributed by atoms with E-state index in [9.17, 15) is 8.42 Å². The molecule has 0 fully saturated rings. The molecule has 0 aliphatic rings. The minimum Gasteiger partial charge on any atom is -0.383 e. The van der Waals surface area contributed by atoms with Crippen LogP contribution in [0.4, 0.5) is 5.69 Å². The third kappa shape index (κ3) is 3.33. The van der Waals surface area contributed by atoms with Gasteiger partial charge in [-0.15, -0.1) is 0 Å². The lowest BCUT2D eigenvalue weighted by atomic mass is 10.1. The fourth-order valence-corrected chi connectivity index (χ4v) is 4.34. The molecule has 0 aliphatic carbocycles. The Morgan fingerprint density at radius 2 is 1.84 bits per heavy atom. The normalized spacial score (nSPS) is 11.6. The Bertz CT molecular complexity index is 975. The SMILES string of the molecule is COCCN(c1ccncc1)S(=O)(=O)c1ccc(C)c2ncccc12. The van der Waals surface area contributed by atoms with Crippen LogP contribution in [0.2, 0.25) is 0 Å². The highest BCUT2D eigenvalue weighted by Gasteiger charge is 2.27. The second kappa shape index (κ2) is 7.16. The molecule has 3 aromatic rings. The molecule has 7 heteroatoms. The summed E-state index contributed by atoms with van der Waals surface area (Å²) in [5.74, 6) is 0. The van der Waals surface area contributed by atoms with E-state index in [1.807, 2.05) is 6.92 Å². The van der Waals surface area contributed by atoms with Crippen molar-refractivity contribution in [3.8, 4) is 0 Å². The van der Waals surface area contributed by atoms with Crippen molar-refractivity contribution in [2.24, 2.45) is 0 Å². The maximum Gasteiger partial charge on any atom is 0.265 e. The van der Waals surface area contributed by atoms with Crippen LogP contribution in [0.1, 0.15) is 5.56 Å². The van der Waals surface area contributed by atoms with Gasteiger partial charge in [-0.2, -0.15) is 0 Å². The van der Waals surface area contributed by atoms with Gasteiger partial charge in [0.05, 0.1) is 29.3 Å². The zero-order valence-corrected chi connectivity index (χ0v) is 14.9. The molecule has 1 aromatic carbocycles. The molecular weight excluding hydrogens is 338 g/mol. The zero-order chi connectivity index (χ0) is 17.9. The highest BCUT2D eigenvalue weighted by atomic mass is 32.2. The van der Waals surface area contributed by atoms with Crippen molar-refractivity contribution >= 4 is 26.6 Å². The first-order valence-electron chi connectivity index (χ1n) is 7.82. The van der Waals surface area contributed by atoms with E-state index in [1.54, 1.807) is 62.1 Å². The highest BCUT2D eigenvalue weighted by Crippen LogP contribution is 2.29. The molecular formula is C18H19N3O3S. The van der Waals surface area contributed by atoms with Gasteiger partial charge in [-0.05, 0) is 42.8 Å². The van der Waals surface area contributed by atoms with Crippen molar-refractivity contribution in [1.82, 2.24) is 9.97 Å². The Kier molecular flexibility index (Phi) is 4.96. The van der Waals surface area contributed by atoms with Crippen LogP contribution in [-0.2, 0) is 14.8 Å². The van der Waals surface area contributed by atoms with Crippen molar-refractivity contribution in [3.05, 3.63) is 60.6 Å². The number of fused-ring (bicyclic) bond motifs is 1. The maximum atomic E-state index is 13.4. The van der Waals surface area contributed by atoms with E-state index in [2.05, 4.69) is 9.97 Å². The van der Waals surface area contributed by atoms with Gasteiger partial charge < -0.3 is 4.74 Å². The molecule has 0 aliphatic heterocycles. The lowest BCUT2D eigenvalue weighted by Gasteiger charge is -2.25. The maximum absolute atomic E-state index is 13.4. The molecule has 2 aromatic heterocycles. The Balaban J connectivity index is 2.18. The van der Waals surface area contributed by atoms with Gasteiger partial charge in [-0.1, -0.05) is 6.07 Å². The number of ether oxygens (including phenoxy) is 1. The first-order chi connectivity index (χ1) is 12.1. The van der Waals surface area contributed by atoms with E-state index in [0.29, 0.717) is 16.6 Å². The van der Waals surface area contributed by atoms with Gasteiger partial charge in [-0.25, -0.2) is 8.42 Å². The second-order valence-electron chi connectivity index (χ2n) is 5.56. The number of anilines is 1. The number of rotatable bonds is 6. The number of hydrogen-bond donors (Lipinski definition) is 0. The van der Waals surface area contributed by atoms with Crippen LogP contribution in [-0.4, -0.2) is 38.6 Å². The fraction of sp³-hybridized carbons (Fsp3) is 0.222. The quantitative estimate of drug-likeness (QED) is 0.678. The molecule has 25 heavy (non-hydrogen) atoms. The molecule has 0 bridgehead atoms. The van der Waals surface area contributed by atoms with Crippen LogP contribution in [0.25, 0.3) is 10.9 Å². The number of methoxy groups -OCH3 is 1. The van der Waals surface area contributed by atoms with Crippen molar-refractivity contribution in [2.75, 3.05) is 24.6 Å². The van der Waals surface area contributed by atoms with Gasteiger partial charge in [0, 0.05) is 31.1 Å². The standard InChI is InChI=1S/C18H19N3O3S/c1-14-5-6-17(16-4-3-9-20-18(14)16)25(22,23)21(12-13-24-2)15-7-10-19-11-8-15/h3-11H,12-13H2,1-2H3. The van der Waals surface area contributed by atoms with E-state index < -0.39 is 10.0 Å². The number of benzene rings is 1. The summed E-state index contributed by atoms with van der Waals surface area (Å²) in [6, 6.07) is 10.3. The number of hydrogen-bond acceptors (Lipinski definition) is 5. The number of pyridine rings is 2. The third-order valence-corrected chi connectivity index (χ3v) is 5.83.